The zero-order valence-electron chi connectivity index (χ0n) is 21.4. The van der Waals surface area contributed by atoms with E-state index in [0.717, 1.165) is 0 Å². The molecule has 0 aliphatic heterocycles. The van der Waals surface area contributed by atoms with Crippen molar-refractivity contribution >= 4 is 30.9 Å². The van der Waals surface area contributed by atoms with E-state index in [0.29, 0.717) is 0 Å². The molecule has 0 saturated carbocycles. The molecule has 0 amide bonds. The largest absolute Gasteiger partial charge is 0.517 e. The summed E-state index contributed by atoms with van der Waals surface area (Å²) in [6.07, 6.45) is -0.663. The Balaban J connectivity index is 5.66. The van der Waals surface area contributed by atoms with Crippen molar-refractivity contribution in [3.05, 3.63) is 0 Å². The molecule has 0 aliphatic rings. The minimum atomic E-state index is -2.22. The van der Waals surface area contributed by atoms with Gasteiger partial charge in [-0.15, -0.1) is 0 Å². The van der Waals surface area contributed by atoms with Gasteiger partial charge in [0.15, 0.2) is 22.7 Å². The molecule has 0 heterocycles. The van der Waals surface area contributed by atoms with E-state index in [1.807, 2.05) is 0 Å². The Morgan fingerprint density at radius 2 is 1.04 bits per heavy atom. The van der Waals surface area contributed by atoms with Gasteiger partial charge in [-0.3, -0.25) is 4.79 Å². The first kappa shape index (κ1) is 28.0. The average Bonchev–Trinajstić information content (AvgIpc) is 2.38. The van der Waals surface area contributed by atoms with Crippen molar-refractivity contribution in [1.82, 2.24) is 0 Å². The van der Waals surface area contributed by atoms with Crippen LogP contribution in [0.15, 0.2) is 0 Å². The Morgan fingerprint density at radius 3 is 1.36 bits per heavy atom. The quantitative estimate of drug-likeness (QED) is 0.395. The lowest BCUT2D eigenvalue weighted by Gasteiger charge is -2.42. The molecule has 1 atom stereocenters. The Kier molecular flexibility index (Phi) is 8.66. The normalized spacial score (nSPS) is 16.1. The summed E-state index contributed by atoms with van der Waals surface area (Å²) in [4.78, 5) is 13.2. The maximum Gasteiger partial charge on any atom is 0.323 e. The van der Waals surface area contributed by atoms with Crippen LogP contribution in [0.3, 0.4) is 0 Å². The molecule has 4 nitrogen and oxygen atoms in total. The summed E-state index contributed by atoms with van der Waals surface area (Å²) in [7, 11) is -6.36. The lowest BCUT2D eigenvalue weighted by atomic mass is 10.2. The van der Waals surface area contributed by atoms with Gasteiger partial charge < -0.3 is 13.3 Å². The summed E-state index contributed by atoms with van der Waals surface area (Å²) in [5.74, 6) is -0.255. The Morgan fingerprint density at radius 1 is 0.679 bits per heavy atom. The number of carbonyl (C=O) groups is 1. The van der Waals surface area contributed by atoms with Crippen LogP contribution in [0.4, 0.5) is 0 Å². The fourth-order valence-electron chi connectivity index (χ4n) is 1.65. The fourth-order valence-corrected chi connectivity index (χ4v) is 4.82. The first-order valence-electron chi connectivity index (χ1n) is 10.5. The first-order chi connectivity index (χ1) is 11.9. The van der Waals surface area contributed by atoms with Gasteiger partial charge in [-0.05, 0) is 54.4 Å². The molecule has 0 aromatic rings. The maximum atomic E-state index is 13.2. The highest BCUT2D eigenvalue weighted by Crippen LogP contribution is 2.40. The van der Waals surface area contributed by atoms with Crippen LogP contribution in [-0.2, 0) is 18.1 Å². The second-order valence-electron chi connectivity index (χ2n) is 12.6. The van der Waals surface area contributed by atoms with Crippen LogP contribution in [0.2, 0.25) is 54.4 Å². The van der Waals surface area contributed by atoms with E-state index in [9.17, 15) is 4.79 Å². The van der Waals surface area contributed by atoms with Crippen LogP contribution in [0.25, 0.3) is 0 Å². The van der Waals surface area contributed by atoms with Crippen LogP contribution in [0, 0.1) is 0 Å². The summed E-state index contributed by atoms with van der Waals surface area (Å²) in [6, 6.07) is 0. The van der Waals surface area contributed by atoms with Gasteiger partial charge in [0.2, 0.25) is 0 Å². The molecule has 28 heavy (non-hydrogen) atoms. The predicted octanol–water partition coefficient (Wildman–Crippen LogP) is 6.95. The summed E-state index contributed by atoms with van der Waals surface area (Å²) in [5.41, 5.74) is 0. The minimum Gasteiger partial charge on any atom is -0.517 e. The summed E-state index contributed by atoms with van der Waals surface area (Å²) in [6.45, 7) is 32.8. The van der Waals surface area contributed by atoms with Crippen molar-refractivity contribution in [2.45, 2.75) is 123 Å². The van der Waals surface area contributed by atoms with Crippen LogP contribution in [0.1, 0.15) is 62.3 Å². The molecule has 0 bridgehead atoms. The molecular weight excluding hydrogens is 400 g/mol. The second-order valence-corrected chi connectivity index (χ2v) is 26.9. The van der Waals surface area contributed by atoms with Gasteiger partial charge in [-0.25, -0.2) is 0 Å². The van der Waals surface area contributed by atoms with E-state index in [2.05, 4.69) is 102 Å². The third-order valence-electron chi connectivity index (χ3n) is 7.07. The molecule has 1 unspecified atom stereocenters. The third-order valence-corrected chi connectivity index (χ3v) is 20.4. The van der Waals surface area contributed by atoms with Crippen molar-refractivity contribution in [2.75, 3.05) is 6.61 Å². The molecule has 0 aromatic carbocycles. The SMILES string of the molecule is CC(C)(C)[Si](C)(C)OCC(O[Si](C)(C)C(C)(C)C)C(=O)O[Si](C)(C)C(C)(C)C. The van der Waals surface area contributed by atoms with Crippen molar-refractivity contribution in [3.63, 3.8) is 0 Å². The molecule has 0 aromatic heterocycles. The molecule has 168 valence electrons. The van der Waals surface area contributed by atoms with E-state index in [1.54, 1.807) is 0 Å². The van der Waals surface area contributed by atoms with Crippen LogP contribution in [-0.4, -0.2) is 43.6 Å². The van der Waals surface area contributed by atoms with Gasteiger partial charge in [-0.1, -0.05) is 62.3 Å². The number of rotatable bonds is 7. The zero-order valence-corrected chi connectivity index (χ0v) is 24.4. The molecule has 0 N–H and O–H groups in total. The summed E-state index contributed by atoms with van der Waals surface area (Å²) >= 11 is 0. The molecule has 0 aliphatic carbocycles. The van der Waals surface area contributed by atoms with Gasteiger partial charge in [0.25, 0.3) is 8.32 Å². The maximum absolute atomic E-state index is 13.2. The van der Waals surface area contributed by atoms with Crippen molar-refractivity contribution in [2.24, 2.45) is 0 Å². The summed E-state index contributed by atoms with van der Waals surface area (Å²) < 4.78 is 19.0. The number of carbonyl (C=O) groups excluding carboxylic acids is 1. The lowest BCUT2D eigenvalue weighted by Crippen LogP contribution is -2.53. The van der Waals surface area contributed by atoms with E-state index in [-0.39, 0.29) is 27.7 Å². The standard InChI is InChI=1S/C21H48O4Si3/c1-19(2,3)26(10,11)23-16-17(24-27(12,13)20(4,5)6)18(22)25-28(14,15)21(7,8)9/h17H,16H2,1-15H3. The van der Waals surface area contributed by atoms with E-state index < -0.39 is 31.1 Å². The molecular formula is C21H48O4Si3. The fraction of sp³-hybridized carbons (Fsp3) is 0.952. The molecule has 0 fully saturated rings. The van der Waals surface area contributed by atoms with E-state index >= 15 is 0 Å². The van der Waals surface area contributed by atoms with Gasteiger partial charge in [0, 0.05) is 0 Å². The zero-order chi connectivity index (χ0) is 23.0. The van der Waals surface area contributed by atoms with Crippen LogP contribution >= 0.6 is 0 Å². The van der Waals surface area contributed by atoms with Crippen molar-refractivity contribution in [3.8, 4) is 0 Å². The highest BCUT2D eigenvalue weighted by atomic mass is 28.4. The molecule has 0 spiro atoms. The van der Waals surface area contributed by atoms with Gasteiger partial charge in [-0.2, -0.15) is 0 Å². The minimum absolute atomic E-state index is 0.0134. The lowest BCUT2D eigenvalue weighted by molar-refractivity contribution is -0.145. The van der Waals surface area contributed by atoms with Gasteiger partial charge in [0.1, 0.15) is 0 Å². The highest BCUT2D eigenvalue weighted by Gasteiger charge is 2.46. The first-order valence-corrected chi connectivity index (χ1v) is 19.2. The Hall–Kier alpha value is 0.0406. The number of hydrogen-bond acceptors (Lipinski definition) is 4. The smallest absolute Gasteiger partial charge is 0.323 e. The van der Waals surface area contributed by atoms with Gasteiger partial charge >= 0.3 is 5.97 Å². The topological polar surface area (TPSA) is 44.8 Å². The third kappa shape index (κ3) is 7.38. The predicted molar refractivity (Wildman–Crippen MR) is 129 cm³/mol. The summed E-state index contributed by atoms with van der Waals surface area (Å²) in [5, 5.41) is 0.0573. The van der Waals surface area contributed by atoms with E-state index in [1.165, 1.54) is 0 Å². The van der Waals surface area contributed by atoms with Crippen molar-refractivity contribution < 1.29 is 18.1 Å². The number of hydrogen-bond donors (Lipinski definition) is 0. The Bertz CT molecular complexity index is 535. The van der Waals surface area contributed by atoms with E-state index in [4.69, 9.17) is 13.3 Å². The molecule has 7 heteroatoms. The van der Waals surface area contributed by atoms with Gasteiger partial charge in [0.05, 0.1) is 6.61 Å². The Labute approximate surface area is 178 Å². The second kappa shape index (κ2) is 8.65. The molecule has 0 radical (unpaired) electrons. The van der Waals surface area contributed by atoms with Crippen LogP contribution < -0.4 is 0 Å². The molecule has 0 saturated heterocycles. The monoisotopic (exact) mass is 448 g/mol. The average molecular weight is 449 g/mol. The van der Waals surface area contributed by atoms with Crippen molar-refractivity contribution in [1.29, 1.82) is 0 Å². The molecule has 0 rings (SSSR count). The van der Waals surface area contributed by atoms with Crippen LogP contribution in [0.5, 0.6) is 0 Å². The highest BCUT2D eigenvalue weighted by molar-refractivity contribution is 6.76.